The largest absolute Gasteiger partial charge is 2.00 e. The van der Waals surface area contributed by atoms with Gasteiger partial charge in [-0.3, -0.25) is 0 Å². The van der Waals surface area contributed by atoms with Crippen molar-refractivity contribution < 1.29 is 39.9 Å². The number of para-hydroxylation sites is 4. The molecule has 0 radical (unpaired) electrons. The summed E-state index contributed by atoms with van der Waals surface area (Å²) in [5.74, 6) is 0. The van der Waals surface area contributed by atoms with Gasteiger partial charge in [0.15, 0.2) is 11.2 Å². The SMILES string of the molecule is [U+2].[c-]1c(-c2[c-]c3ccccc3c(N(c3ccc(-c4ccccc4)cc3-c3ccccc3)c3cccc4c3oc3ccccc34)c2)cc(N(c2ccc(-c3ccccc3)cc2-c2ccccc2)c2cccc3c2oc2ccccc23)c2ccccc12. The monoisotopic (exact) mass is 1310 g/mol. The maximum absolute atomic E-state index is 7.00. The van der Waals surface area contributed by atoms with E-state index in [9.17, 15) is 0 Å². The van der Waals surface area contributed by atoms with Gasteiger partial charge in [-0.25, -0.2) is 0 Å². The summed E-state index contributed by atoms with van der Waals surface area (Å²) >= 11 is 0. The van der Waals surface area contributed by atoms with Gasteiger partial charge in [-0.1, -0.05) is 241 Å². The predicted molar refractivity (Wildman–Crippen MR) is 350 cm³/mol. The van der Waals surface area contributed by atoms with Gasteiger partial charge in [0, 0.05) is 32.7 Å². The maximum Gasteiger partial charge on any atom is 2.00 e. The van der Waals surface area contributed by atoms with Crippen LogP contribution in [-0.2, 0) is 0 Å². The molecule has 0 amide bonds. The molecule has 396 valence electrons. The number of hydrogen-bond donors (Lipinski definition) is 0. The Labute approximate surface area is 516 Å². The summed E-state index contributed by atoms with van der Waals surface area (Å²) in [4.78, 5) is 4.83. The van der Waals surface area contributed by atoms with Crippen LogP contribution in [-0.4, -0.2) is 0 Å². The van der Waals surface area contributed by atoms with E-state index in [-0.39, 0.29) is 31.1 Å². The number of hydrogen-bond acceptors (Lipinski definition) is 4. The second-order valence-electron chi connectivity index (χ2n) is 21.3. The van der Waals surface area contributed by atoms with E-state index in [1.54, 1.807) is 0 Å². The van der Waals surface area contributed by atoms with E-state index in [1.807, 2.05) is 12.1 Å². The number of rotatable bonds is 11. The van der Waals surface area contributed by atoms with E-state index in [0.29, 0.717) is 0 Å². The zero-order chi connectivity index (χ0) is 55.5. The molecule has 2 heterocycles. The molecule has 0 N–H and O–H groups in total. The van der Waals surface area contributed by atoms with Gasteiger partial charge in [-0.05, 0) is 93.3 Å². The summed E-state index contributed by atoms with van der Waals surface area (Å²) < 4.78 is 14.0. The molecule has 16 rings (SSSR count). The maximum atomic E-state index is 7.00. The van der Waals surface area contributed by atoms with Crippen molar-refractivity contribution in [1.82, 2.24) is 0 Å². The molecule has 4 nitrogen and oxygen atoms in total. The number of fused-ring (bicyclic) bond motifs is 8. The van der Waals surface area contributed by atoms with Crippen molar-refractivity contribution >= 4 is 99.5 Å². The van der Waals surface area contributed by atoms with Crippen molar-refractivity contribution in [1.29, 1.82) is 0 Å². The van der Waals surface area contributed by atoms with Crippen molar-refractivity contribution in [3.63, 3.8) is 0 Å². The molecular weight excluding hydrogens is 1260 g/mol. The van der Waals surface area contributed by atoms with Crippen molar-refractivity contribution in [3.05, 3.63) is 315 Å². The third-order valence-electron chi connectivity index (χ3n) is 16.4. The fourth-order valence-electron chi connectivity index (χ4n) is 12.5. The summed E-state index contributed by atoms with van der Waals surface area (Å²) in [6, 6.07) is 116. The molecule has 0 spiro atoms. The Balaban J connectivity index is 0.00000613. The average Bonchev–Trinajstić information content (AvgIpc) is 3.48. The van der Waals surface area contributed by atoms with Gasteiger partial charge in [0.2, 0.25) is 0 Å². The van der Waals surface area contributed by atoms with Crippen molar-refractivity contribution in [2.45, 2.75) is 0 Å². The first-order chi connectivity index (χ1) is 41.7. The standard InChI is InChI=1S/C80H50N2O2.U/c1-5-23-53(24-6-1)57-43-45-71(69(49-57)55-27-9-3-10-28-55)81(73-39-21-37-67-65-35-17-19-41-77(65)83-79(67)73)75-51-61(47-59-31-13-15-33-63(59)75)62-48-60-32-14-16-34-64(60)76(52-62)82(74-40-22-38-68-66-36-18-20-42-78(66)84-80(68)74)72-46-44-58(54-25-7-2-8-26-54)50-70(72)56-29-11-4-12-30-56;/h1-46,49-52H;/q-2;+2. The predicted octanol–water partition coefficient (Wildman–Crippen LogP) is 22.7. The van der Waals surface area contributed by atoms with Gasteiger partial charge in [0.1, 0.15) is 11.2 Å². The first kappa shape index (κ1) is 51.7. The van der Waals surface area contributed by atoms with E-state index in [0.717, 1.165) is 155 Å². The van der Waals surface area contributed by atoms with Crippen LogP contribution in [0.25, 0.3) is 121 Å². The van der Waals surface area contributed by atoms with Gasteiger partial charge >= 0.3 is 31.1 Å². The van der Waals surface area contributed by atoms with Gasteiger partial charge < -0.3 is 18.6 Å². The topological polar surface area (TPSA) is 32.8 Å². The number of benzene rings is 14. The van der Waals surface area contributed by atoms with Crippen LogP contribution >= 0.6 is 0 Å². The summed E-state index contributed by atoms with van der Waals surface area (Å²) in [7, 11) is 0. The Hall–Kier alpha value is -10.1. The molecule has 0 atom stereocenters. The second-order valence-corrected chi connectivity index (χ2v) is 21.3. The quantitative estimate of drug-likeness (QED) is 0.121. The molecule has 0 fully saturated rings. The van der Waals surface area contributed by atoms with Crippen LogP contribution in [0, 0.1) is 43.2 Å². The first-order valence-electron chi connectivity index (χ1n) is 28.5. The van der Waals surface area contributed by atoms with Crippen molar-refractivity contribution in [2.24, 2.45) is 0 Å². The number of furan rings is 2. The minimum atomic E-state index is 0. The average molecular weight is 1310 g/mol. The molecule has 0 aliphatic heterocycles. The zero-order valence-corrected chi connectivity index (χ0v) is 50.2. The molecule has 14 aromatic carbocycles. The Morgan fingerprint density at radius 1 is 0.235 bits per heavy atom. The van der Waals surface area contributed by atoms with Crippen LogP contribution in [0.15, 0.2) is 312 Å². The summed E-state index contributed by atoms with van der Waals surface area (Å²) in [5.41, 5.74) is 19.6. The van der Waals surface area contributed by atoms with Crippen LogP contribution in [0.3, 0.4) is 0 Å². The van der Waals surface area contributed by atoms with Crippen LogP contribution in [0.1, 0.15) is 0 Å². The van der Waals surface area contributed by atoms with E-state index in [1.165, 1.54) is 0 Å². The molecule has 5 heteroatoms. The van der Waals surface area contributed by atoms with Crippen LogP contribution in [0.5, 0.6) is 0 Å². The Kier molecular flexibility index (Phi) is 13.3. The zero-order valence-electron chi connectivity index (χ0n) is 46.1. The molecule has 0 aliphatic rings. The molecule has 16 aromatic rings. The summed E-state index contributed by atoms with van der Waals surface area (Å²) in [6.07, 6.45) is 0. The van der Waals surface area contributed by atoms with Crippen molar-refractivity contribution in [2.75, 3.05) is 9.80 Å². The molecule has 0 aliphatic carbocycles. The third-order valence-corrected chi connectivity index (χ3v) is 16.4. The Morgan fingerprint density at radius 3 is 0.988 bits per heavy atom. The Morgan fingerprint density at radius 2 is 0.576 bits per heavy atom. The second kappa shape index (κ2) is 21.9. The molecule has 0 saturated carbocycles. The fraction of sp³-hybridized carbons (Fsp3) is 0. The van der Waals surface area contributed by atoms with Gasteiger partial charge in [-0.15, -0.1) is 35.0 Å². The van der Waals surface area contributed by atoms with E-state index < -0.39 is 0 Å². The smallest absolute Gasteiger partial charge is 0.454 e. The first-order valence-corrected chi connectivity index (χ1v) is 28.5. The summed E-state index contributed by atoms with van der Waals surface area (Å²) in [6.45, 7) is 0. The normalized spacial score (nSPS) is 11.4. The van der Waals surface area contributed by atoms with E-state index >= 15 is 0 Å². The van der Waals surface area contributed by atoms with Gasteiger partial charge in [0.05, 0.1) is 22.7 Å². The van der Waals surface area contributed by atoms with Gasteiger partial charge in [-0.2, -0.15) is 23.3 Å². The molecule has 85 heavy (non-hydrogen) atoms. The Bertz CT molecular complexity index is 4830. The van der Waals surface area contributed by atoms with E-state index in [2.05, 4.69) is 313 Å². The summed E-state index contributed by atoms with van der Waals surface area (Å²) in [5, 5.41) is 8.21. The number of nitrogens with zero attached hydrogens (tertiary/aromatic N) is 2. The third kappa shape index (κ3) is 9.18. The minimum absolute atomic E-state index is 0. The molecular formula is C80H50N2O2U. The van der Waals surface area contributed by atoms with Crippen LogP contribution in [0.2, 0.25) is 0 Å². The number of anilines is 6. The van der Waals surface area contributed by atoms with E-state index in [4.69, 9.17) is 8.83 Å². The van der Waals surface area contributed by atoms with Crippen LogP contribution < -0.4 is 9.80 Å². The van der Waals surface area contributed by atoms with Crippen molar-refractivity contribution in [3.8, 4) is 55.6 Å². The fourth-order valence-corrected chi connectivity index (χ4v) is 12.5. The molecule has 0 saturated heterocycles. The molecule has 0 bridgehead atoms. The van der Waals surface area contributed by atoms with Crippen LogP contribution in [0.4, 0.5) is 34.1 Å². The van der Waals surface area contributed by atoms with Gasteiger partial charge in [0.25, 0.3) is 0 Å². The minimum Gasteiger partial charge on any atom is -0.454 e. The molecule has 2 aromatic heterocycles. The molecule has 0 unspecified atom stereocenters.